The van der Waals surface area contributed by atoms with Crippen molar-refractivity contribution < 1.29 is 9.53 Å². The number of carbonyl (C=O) groups is 1. The molecule has 0 heterocycles. The van der Waals surface area contributed by atoms with Crippen molar-refractivity contribution in [3.8, 4) is 5.75 Å². The maximum atomic E-state index is 11.8. The van der Waals surface area contributed by atoms with E-state index in [-0.39, 0.29) is 5.92 Å². The van der Waals surface area contributed by atoms with E-state index in [9.17, 15) is 4.79 Å². The SMILES string of the molecule is CCCCCOc1ccc(CC2CCCCC2=O)cc1. The van der Waals surface area contributed by atoms with Crippen molar-refractivity contribution in [1.29, 1.82) is 0 Å². The third kappa shape index (κ3) is 4.66. The minimum absolute atomic E-state index is 0.250. The lowest BCUT2D eigenvalue weighted by Gasteiger charge is -2.20. The molecule has 2 heteroatoms. The van der Waals surface area contributed by atoms with Gasteiger partial charge in [0.2, 0.25) is 0 Å². The molecule has 0 N–H and O–H groups in total. The van der Waals surface area contributed by atoms with Gasteiger partial charge in [0.1, 0.15) is 11.5 Å². The van der Waals surface area contributed by atoms with Crippen LogP contribution in [0.1, 0.15) is 57.4 Å². The smallest absolute Gasteiger partial charge is 0.136 e. The van der Waals surface area contributed by atoms with Crippen LogP contribution in [0.4, 0.5) is 0 Å². The van der Waals surface area contributed by atoms with E-state index in [1.165, 1.54) is 24.8 Å². The lowest BCUT2D eigenvalue weighted by molar-refractivity contribution is -0.124. The Hall–Kier alpha value is -1.31. The minimum atomic E-state index is 0.250. The molecule has 2 nitrogen and oxygen atoms in total. The second-order valence-corrected chi connectivity index (χ2v) is 5.81. The van der Waals surface area contributed by atoms with Gasteiger partial charge in [-0.25, -0.2) is 0 Å². The summed E-state index contributed by atoms with van der Waals surface area (Å²) in [4.78, 5) is 11.8. The average Bonchev–Trinajstić information content (AvgIpc) is 2.48. The lowest BCUT2D eigenvalue weighted by atomic mass is 9.84. The third-order valence-electron chi connectivity index (χ3n) is 4.10. The number of rotatable bonds is 7. The van der Waals surface area contributed by atoms with Crippen molar-refractivity contribution in [2.24, 2.45) is 5.92 Å². The number of ether oxygens (including phenoxy) is 1. The first-order valence-corrected chi connectivity index (χ1v) is 8.04. The predicted octanol–water partition coefficient (Wildman–Crippen LogP) is 4.56. The molecule has 1 atom stereocenters. The number of hydrogen-bond acceptors (Lipinski definition) is 2. The Morgan fingerprint density at radius 1 is 1.15 bits per heavy atom. The van der Waals surface area contributed by atoms with Crippen molar-refractivity contribution in [2.45, 2.75) is 58.3 Å². The highest BCUT2D eigenvalue weighted by atomic mass is 16.5. The molecule has 1 saturated carbocycles. The van der Waals surface area contributed by atoms with Gasteiger partial charge in [-0.15, -0.1) is 0 Å². The first-order valence-electron chi connectivity index (χ1n) is 8.04. The van der Waals surface area contributed by atoms with Crippen molar-refractivity contribution in [1.82, 2.24) is 0 Å². The summed E-state index contributed by atoms with van der Waals surface area (Å²) in [6.45, 7) is 3.00. The van der Waals surface area contributed by atoms with Gasteiger partial charge in [-0.2, -0.15) is 0 Å². The lowest BCUT2D eigenvalue weighted by Crippen LogP contribution is -2.20. The summed E-state index contributed by atoms with van der Waals surface area (Å²) in [7, 11) is 0. The molecule has 1 aromatic carbocycles. The van der Waals surface area contributed by atoms with Crippen molar-refractivity contribution in [3.63, 3.8) is 0 Å². The van der Waals surface area contributed by atoms with Gasteiger partial charge in [0.05, 0.1) is 6.61 Å². The van der Waals surface area contributed by atoms with Crippen LogP contribution >= 0.6 is 0 Å². The van der Waals surface area contributed by atoms with Crippen LogP contribution < -0.4 is 4.74 Å². The first kappa shape index (κ1) is 15.1. The molecule has 0 amide bonds. The second kappa shape index (κ2) is 8.08. The molecule has 0 saturated heterocycles. The number of carbonyl (C=O) groups excluding carboxylic acids is 1. The normalized spacial score (nSPS) is 19.1. The van der Waals surface area contributed by atoms with E-state index in [1.54, 1.807) is 0 Å². The van der Waals surface area contributed by atoms with Crippen LogP contribution in [0.25, 0.3) is 0 Å². The van der Waals surface area contributed by atoms with Gasteiger partial charge in [0, 0.05) is 12.3 Å². The quantitative estimate of drug-likeness (QED) is 0.681. The van der Waals surface area contributed by atoms with Crippen LogP contribution in [-0.4, -0.2) is 12.4 Å². The number of unbranched alkanes of at least 4 members (excludes halogenated alkanes) is 2. The standard InChI is InChI=1S/C18H26O2/c1-2-3-6-13-20-17-11-9-15(10-12-17)14-16-7-4-5-8-18(16)19/h9-12,16H,2-8,13-14H2,1H3. The Morgan fingerprint density at radius 2 is 1.95 bits per heavy atom. The molecule has 0 aromatic heterocycles. The fourth-order valence-corrected chi connectivity index (χ4v) is 2.82. The molecule has 1 fully saturated rings. The van der Waals surface area contributed by atoms with Crippen LogP contribution in [-0.2, 0) is 11.2 Å². The summed E-state index contributed by atoms with van der Waals surface area (Å²) in [6, 6.07) is 8.29. The van der Waals surface area contributed by atoms with Gasteiger partial charge in [0.25, 0.3) is 0 Å². The molecule has 0 radical (unpaired) electrons. The molecule has 0 bridgehead atoms. The summed E-state index contributed by atoms with van der Waals surface area (Å²) < 4.78 is 5.71. The van der Waals surface area contributed by atoms with Gasteiger partial charge in [-0.05, 0) is 43.4 Å². The highest BCUT2D eigenvalue weighted by Gasteiger charge is 2.22. The number of Topliss-reactive ketones (excluding diaryl/α,β-unsaturated/α-hetero) is 1. The van der Waals surface area contributed by atoms with Crippen LogP contribution in [0.2, 0.25) is 0 Å². The monoisotopic (exact) mass is 274 g/mol. The minimum Gasteiger partial charge on any atom is -0.494 e. The number of benzene rings is 1. The highest BCUT2D eigenvalue weighted by Crippen LogP contribution is 2.25. The number of hydrogen-bond donors (Lipinski definition) is 0. The molecule has 1 aliphatic rings. The fraction of sp³-hybridized carbons (Fsp3) is 0.611. The summed E-state index contributed by atoms with van der Waals surface area (Å²) in [5.41, 5.74) is 1.26. The molecule has 0 aliphatic heterocycles. The average molecular weight is 274 g/mol. The van der Waals surface area contributed by atoms with E-state index in [2.05, 4.69) is 19.1 Å². The molecule has 1 aromatic rings. The zero-order valence-electron chi connectivity index (χ0n) is 12.6. The zero-order valence-corrected chi connectivity index (χ0v) is 12.6. The Balaban J connectivity index is 1.80. The third-order valence-corrected chi connectivity index (χ3v) is 4.10. The van der Waals surface area contributed by atoms with Crippen molar-refractivity contribution in [2.75, 3.05) is 6.61 Å². The summed E-state index contributed by atoms with van der Waals surface area (Å²) in [5.74, 6) is 1.65. The van der Waals surface area contributed by atoms with E-state index in [4.69, 9.17) is 4.74 Å². The van der Waals surface area contributed by atoms with Gasteiger partial charge < -0.3 is 4.74 Å². The van der Waals surface area contributed by atoms with Gasteiger partial charge in [-0.3, -0.25) is 4.79 Å². The fourth-order valence-electron chi connectivity index (χ4n) is 2.82. The van der Waals surface area contributed by atoms with Crippen molar-refractivity contribution >= 4 is 5.78 Å². The van der Waals surface area contributed by atoms with E-state index >= 15 is 0 Å². The Morgan fingerprint density at radius 3 is 2.65 bits per heavy atom. The molecule has 20 heavy (non-hydrogen) atoms. The van der Waals surface area contributed by atoms with Crippen LogP contribution in [0.3, 0.4) is 0 Å². The number of ketones is 1. The first-order chi connectivity index (χ1) is 9.79. The van der Waals surface area contributed by atoms with Gasteiger partial charge >= 0.3 is 0 Å². The Labute approximate surface area is 122 Å². The van der Waals surface area contributed by atoms with E-state index in [1.807, 2.05) is 12.1 Å². The zero-order chi connectivity index (χ0) is 14.2. The second-order valence-electron chi connectivity index (χ2n) is 5.81. The summed E-state index contributed by atoms with van der Waals surface area (Å²) >= 11 is 0. The topological polar surface area (TPSA) is 26.3 Å². The van der Waals surface area contributed by atoms with Gasteiger partial charge in [0.15, 0.2) is 0 Å². The van der Waals surface area contributed by atoms with Crippen LogP contribution in [0.15, 0.2) is 24.3 Å². The van der Waals surface area contributed by atoms with Crippen LogP contribution in [0.5, 0.6) is 5.75 Å². The highest BCUT2D eigenvalue weighted by molar-refractivity contribution is 5.81. The largest absolute Gasteiger partial charge is 0.494 e. The molecular weight excluding hydrogens is 248 g/mol. The van der Waals surface area contributed by atoms with Crippen LogP contribution in [0, 0.1) is 5.92 Å². The predicted molar refractivity (Wildman–Crippen MR) is 82.1 cm³/mol. The van der Waals surface area contributed by atoms with Crippen molar-refractivity contribution in [3.05, 3.63) is 29.8 Å². The molecule has 2 rings (SSSR count). The maximum absolute atomic E-state index is 11.8. The van der Waals surface area contributed by atoms with E-state index in [0.717, 1.165) is 44.5 Å². The van der Waals surface area contributed by atoms with E-state index in [0.29, 0.717) is 5.78 Å². The van der Waals surface area contributed by atoms with Gasteiger partial charge in [-0.1, -0.05) is 38.3 Å². The molecule has 110 valence electrons. The summed E-state index contributed by atoms with van der Waals surface area (Å²) in [6.07, 6.45) is 8.59. The Kier molecular flexibility index (Phi) is 6.10. The molecular formula is C18H26O2. The Bertz CT molecular complexity index is 408. The molecule has 1 unspecified atom stereocenters. The summed E-state index contributed by atoms with van der Waals surface area (Å²) in [5, 5.41) is 0. The molecule has 1 aliphatic carbocycles. The van der Waals surface area contributed by atoms with E-state index < -0.39 is 0 Å². The maximum Gasteiger partial charge on any atom is 0.136 e. The molecule has 0 spiro atoms.